The number of nitrogen functional groups attached to an aromatic ring is 1. The SMILES string of the molecule is Nc1ccccc1NC(=O)Oc1cccc(OC(=O)Nc2ccccc2Cl)c1. The number of hydrogen-bond acceptors (Lipinski definition) is 5. The van der Waals surface area contributed by atoms with Crippen molar-refractivity contribution >= 4 is 40.8 Å². The molecule has 0 atom stereocenters. The number of para-hydroxylation sites is 3. The molecule has 0 aliphatic rings. The van der Waals surface area contributed by atoms with E-state index in [0.717, 1.165) is 0 Å². The molecule has 2 amide bonds. The number of halogens is 1. The average molecular weight is 398 g/mol. The van der Waals surface area contributed by atoms with Gasteiger partial charge in [0.15, 0.2) is 0 Å². The third-order valence-electron chi connectivity index (χ3n) is 3.53. The first kappa shape index (κ1) is 19.1. The highest BCUT2D eigenvalue weighted by Gasteiger charge is 2.11. The van der Waals surface area contributed by atoms with Crippen molar-refractivity contribution in [1.29, 1.82) is 0 Å². The molecular formula is C20H16ClN3O4. The van der Waals surface area contributed by atoms with Crippen LogP contribution in [0.3, 0.4) is 0 Å². The zero-order valence-electron chi connectivity index (χ0n) is 14.5. The molecule has 28 heavy (non-hydrogen) atoms. The maximum Gasteiger partial charge on any atom is 0.417 e. The number of benzene rings is 3. The Balaban J connectivity index is 1.60. The zero-order valence-corrected chi connectivity index (χ0v) is 15.3. The van der Waals surface area contributed by atoms with Gasteiger partial charge in [-0.3, -0.25) is 10.6 Å². The van der Waals surface area contributed by atoms with Gasteiger partial charge in [0.05, 0.1) is 22.1 Å². The molecule has 3 rings (SSSR count). The Hall–Kier alpha value is -3.71. The molecule has 0 heterocycles. The van der Waals surface area contributed by atoms with Crippen LogP contribution < -0.4 is 25.8 Å². The monoisotopic (exact) mass is 397 g/mol. The maximum absolute atomic E-state index is 12.0. The van der Waals surface area contributed by atoms with Crippen molar-refractivity contribution in [2.45, 2.75) is 0 Å². The highest BCUT2D eigenvalue weighted by atomic mass is 35.5. The molecule has 4 N–H and O–H groups in total. The Morgan fingerprint density at radius 1 is 0.750 bits per heavy atom. The minimum Gasteiger partial charge on any atom is -0.410 e. The summed E-state index contributed by atoms with van der Waals surface area (Å²) >= 11 is 5.99. The number of anilines is 3. The minimum absolute atomic E-state index is 0.189. The summed E-state index contributed by atoms with van der Waals surface area (Å²) in [7, 11) is 0. The number of carbonyl (C=O) groups excluding carboxylic acids is 2. The van der Waals surface area contributed by atoms with Gasteiger partial charge in [-0.15, -0.1) is 0 Å². The zero-order chi connectivity index (χ0) is 19.9. The standard InChI is InChI=1S/C20H16ClN3O4/c21-15-8-1-3-10-17(15)23-19(25)27-13-6-5-7-14(12-13)28-20(26)24-18-11-4-2-9-16(18)22/h1-12H,22H2,(H,23,25)(H,24,26). The van der Waals surface area contributed by atoms with Crippen molar-refractivity contribution in [2.75, 3.05) is 16.4 Å². The number of hydrogen-bond donors (Lipinski definition) is 3. The fraction of sp³-hybridized carbons (Fsp3) is 0. The molecule has 142 valence electrons. The van der Waals surface area contributed by atoms with E-state index in [9.17, 15) is 9.59 Å². The molecule has 0 aromatic heterocycles. The number of carbonyl (C=O) groups is 2. The van der Waals surface area contributed by atoms with Gasteiger partial charge in [0, 0.05) is 6.07 Å². The smallest absolute Gasteiger partial charge is 0.410 e. The number of rotatable bonds is 4. The van der Waals surface area contributed by atoms with Crippen molar-refractivity contribution in [3.8, 4) is 11.5 Å². The summed E-state index contributed by atoms with van der Waals surface area (Å²) in [5.41, 5.74) is 7.03. The molecule has 0 spiro atoms. The molecule has 0 aliphatic heterocycles. The molecule has 0 radical (unpaired) electrons. The lowest BCUT2D eigenvalue weighted by atomic mass is 10.3. The second-order valence-corrected chi connectivity index (χ2v) is 5.98. The van der Waals surface area contributed by atoms with Crippen LogP contribution in [0.4, 0.5) is 26.7 Å². The Morgan fingerprint density at radius 2 is 1.29 bits per heavy atom. The van der Waals surface area contributed by atoms with Crippen LogP contribution in [0.5, 0.6) is 11.5 Å². The predicted octanol–water partition coefficient (Wildman–Crippen LogP) is 5.14. The van der Waals surface area contributed by atoms with Crippen LogP contribution in [0.25, 0.3) is 0 Å². The molecule has 0 unspecified atom stereocenters. The lowest BCUT2D eigenvalue weighted by Gasteiger charge is -2.10. The van der Waals surface area contributed by atoms with Crippen molar-refractivity contribution in [3.05, 3.63) is 77.8 Å². The van der Waals surface area contributed by atoms with E-state index < -0.39 is 12.2 Å². The Labute approximate surface area is 166 Å². The second kappa shape index (κ2) is 8.79. The summed E-state index contributed by atoms with van der Waals surface area (Å²) in [4.78, 5) is 24.0. The van der Waals surface area contributed by atoms with Gasteiger partial charge < -0.3 is 15.2 Å². The normalized spacial score (nSPS) is 10.0. The number of amides is 2. The molecule has 0 saturated heterocycles. The van der Waals surface area contributed by atoms with Crippen molar-refractivity contribution in [1.82, 2.24) is 0 Å². The van der Waals surface area contributed by atoms with E-state index in [2.05, 4.69) is 10.6 Å². The van der Waals surface area contributed by atoms with Crippen molar-refractivity contribution in [2.24, 2.45) is 0 Å². The summed E-state index contributed by atoms with van der Waals surface area (Å²) in [6.45, 7) is 0. The third kappa shape index (κ3) is 5.15. The summed E-state index contributed by atoms with van der Waals surface area (Å²) in [5, 5.41) is 5.45. The number of nitrogens with two attached hydrogens (primary N) is 1. The van der Waals surface area contributed by atoms with E-state index in [4.69, 9.17) is 26.8 Å². The van der Waals surface area contributed by atoms with Gasteiger partial charge in [0.1, 0.15) is 11.5 Å². The van der Waals surface area contributed by atoms with Crippen LogP contribution in [0.15, 0.2) is 72.8 Å². The van der Waals surface area contributed by atoms with Crippen LogP contribution in [0, 0.1) is 0 Å². The van der Waals surface area contributed by atoms with E-state index in [1.807, 2.05) is 0 Å². The van der Waals surface area contributed by atoms with Crippen molar-refractivity contribution < 1.29 is 19.1 Å². The molecule has 0 saturated carbocycles. The molecule has 7 nitrogen and oxygen atoms in total. The minimum atomic E-state index is -0.730. The molecule has 8 heteroatoms. The van der Waals surface area contributed by atoms with E-state index in [1.54, 1.807) is 66.7 Å². The van der Waals surface area contributed by atoms with Gasteiger partial charge >= 0.3 is 12.2 Å². The molecule has 0 aliphatic carbocycles. The Kier molecular flexibility index (Phi) is 5.98. The van der Waals surface area contributed by atoms with E-state index in [-0.39, 0.29) is 11.5 Å². The molecule has 3 aromatic rings. The van der Waals surface area contributed by atoms with Gasteiger partial charge in [-0.05, 0) is 36.4 Å². The largest absolute Gasteiger partial charge is 0.417 e. The first-order valence-corrected chi connectivity index (χ1v) is 8.56. The van der Waals surface area contributed by atoms with Gasteiger partial charge in [-0.2, -0.15) is 0 Å². The van der Waals surface area contributed by atoms with Crippen molar-refractivity contribution in [3.63, 3.8) is 0 Å². The van der Waals surface area contributed by atoms with Gasteiger partial charge in [0.25, 0.3) is 0 Å². The van der Waals surface area contributed by atoms with Gasteiger partial charge in [-0.1, -0.05) is 41.9 Å². The molecule has 3 aromatic carbocycles. The van der Waals surface area contributed by atoms with E-state index in [0.29, 0.717) is 22.1 Å². The van der Waals surface area contributed by atoms with E-state index in [1.165, 1.54) is 6.07 Å². The summed E-state index contributed by atoms with van der Waals surface area (Å²) in [6.07, 6.45) is -1.46. The average Bonchev–Trinajstić information content (AvgIpc) is 2.66. The molecule has 0 bridgehead atoms. The molecule has 0 fully saturated rings. The fourth-order valence-corrected chi connectivity index (χ4v) is 2.44. The Morgan fingerprint density at radius 3 is 1.89 bits per heavy atom. The third-order valence-corrected chi connectivity index (χ3v) is 3.86. The van der Waals surface area contributed by atoms with Crippen LogP contribution in [0.2, 0.25) is 5.02 Å². The van der Waals surface area contributed by atoms with Crippen LogP contribution >= 0.6 is 11.6 Å². The summed E-state index contributed by atoms with van der Waals surface area (Å²) < 4.78 is 10.4. The highest BCUT2D eigenvalue weighted by Crippen LogP contribution is 2.23. The highest BCUT2D eigenvalue weighted by molar-refractivity contribution is 6.33. The lowest BCUT2D eigenvalue weighted by Crippen LogP contribution is -2.18. The first-order valence-electron chi connectivity index (χ1n) is 8.18. The van der Waals surface area contributed by atoms with Crippen LogP contribution in [-0.2, 0) is 0 Å². The van der Waals surface area contributed by atoms with Gasteiger partial charge in [0.2, 0.25) is 0 Å². The molecular weight excluding hydrogens is 382 g/mol. The lowest BCUT2D eigenvalue weighted by molar-refractivity contribution is 0.213. The maximum atomic E-state index is 12.0. The quantitative estimate of drug-likeness (QED) is 0.528. The predicted molar refractivity (Wildman–Crippen MR) is 108 cm³/mol. The summed E-state index contributed by atoms with van der Waals surface area (Å²) in [5.74, 6) is 0.379. The topological polar surface area (TPSA) is 103 Å². The second-order valence-electron chi connectivity index (χ2n) is 5.57. The Bertz CT molecular complexity index is 933. The number of ether oxygens (including phenoxy) is 2. The van der Waals surface area contributed by atoms with Gasteiger partial charge in [-0.25, -0.2) is 9.59 Å². The van der Waals surface area contributed by atoms with Crippen LogP contribution in [0.1, 0.15) is 0 Å². The first-order chi connectivity index (χ1) is 13.5. The van der Waals surface area contributed by atoms with E-state index >= 15 is 0 Å². The fourth-order valence-electron chi connectivity index (χ4n) is 2.26. The summed E-state index contributed by atoms with van der Waals surface area (Å²) in [6, 6.07) is 19.6. The van der Waals surface area contributed by atoms with Crippen LogP contribution in [-0.4, -0.2) is 12.2 Å². The number of nitrogens with one attached hydrogen (secondary N) is 2.